The minimum atomic E-state index is -0.896. The van der Waals surface area contributed by atoms with Crippen molar-refractivity contribution in [1.29, 1.82) is 0 Å². The van der Waals surface area contributed by atoms with Crippen LogP contribution in [0.4, 0.5) is 0 Å². The lowest BCUT2D eigenvalue weighted by molar-refractivity contribution is 0.336. The van der Waals surface area contributed by atoms with Crippen molar-refractivity contribution in [2.24, 2.45) is 5.41 Å². The molecule has 0 spiro atoms. The molecule has 2 unspecified atom stereocenters. The Balaban J connectivity index is 3.14. The van der Waals surface area contributed by atoms with Crippen LogP contribution in [-0.4, -0.2) is 10.8 Å². The molecular weight excluding hydrogens is 204 g/mol. The Hall–Kier alpha value is -0.470. The van der Waals surface area contributed by atoms with E-state index in [-0.39, 0.29) is 5.41 Å². The maximum Gasteiger partial charge on any atom is 0.155 e. The lowest BCUT2D eigenvalue weighted by atomic mass is 9.78. The maximum atomic E-state index is 11.6. The third-order valence-corrected chi connectivity index (χ3v) is 3.99. The van der Waals surface area contributed by atoms with Crippen LogP contribution in [0.5, 0.6) is 0 Å². The molecule has 0 saturated heterocycles. The second kappa shape index (κ2) is 4.58. The molecule has 0 bridgehead atoms. The summed E-state index contributed by atoms with van der Waals surface area (Å²) < 4.78 is 11.6. The molecule has 1 nitrogen and oxygen atoms in total. The normalized spacial score (nSPS) is 16.1. The molecule has 0 amide bonds. The Bertz CT molecular complexity index is 326. The van der Waals surface area contributed by atoms with Gasteiger partial charge in [0.25, 0.3) is 0 Å². The fourth-order valence-electron chi connectivity index (χ4n) is 1.57. The molecule has 1 aromatic rings. The first kappa shape index (κ1) is 12.6. The van der Waals surface area contributed by atoms with E-state index in [1.807, 2.05) is 18.2 Å². The molecule has 2 atom stereocenters. The molecule has 0 aliphatic heterocycles. The van der Waals surface area contributed by atoms with E-state index in [4.69, 9.17) is 0 Å². The molecule has 0 aliphatic rings. The van der Waals surface area contributed by atoms with Gasteiger partial charge in [-0.2, -0.15) is 0 Å². The monoisotopic (exact) mass is 224 g/mol. The predicted octanol–water partition coefficient (Wildman–Crippen LogP) is 3.57. The summed E-state index contributed by atoms with van der Waals surface area (Å²) in [4.78, 5) is 0.972. The molecule has 0 aliphatic carbocycles. The second-order valence-electron chi connectivity index (χ2n) is 5.08. The van der Waals surface area contributed by atoms with Gasteiger partial charge in [0.05, 0.1) is 0 Å². The van der Waals surface area contributed by atoms with Crippen molar-refractivity contribution >= 4 is 11.2 Å². The molecule has 1 aromatic carbocycles. The van der Waals surface area contributed by atoms with Crippen LogP contribution in [0.2, 0.25) is 0 Å². The van der Waals surface area contributed by atoms with E-state index in [2.05, 4.69) is 33.8 Å². The van der Waals surface area contributed by atoms with E-state index in [0.717, 1.165) is 4.90 Å². The van der Waals surface area contributed by atoms with Crippen molar-refractivity contribution in [1.82, 2.24) is 0 Å². The Kier molecular flexibility index (Phi) is 3.85. The highest BCUT2D eigenvalue weighted by Gasteiger charge is 2.26. The number of rotatable bonds is 2. The zero-order chi connectivity index (χ0) is 11.6. The van der Waals surface area contributed by atoms with Crippen LogP contribution in [-0.2, 0) is 11.2 Å². The smallest absolute Gasteiger partial charge is 0.155 e. The van der Waals surface area contributed by atoms with Crippen molar-refractivity contribution < 1.29 is 4.55 Å². The maximum absolute atomic E-state index is 11.6. The SMILES string of the molecule is CC(c1ccccc1[S+](C)[O-])C(C)(C)C. The minimum absolute atomic E-state index is 0.204. The average Bonchev–Trinajstić information content (AvgIpc) is 2.15. The molecule has 84 valence electrons. The fraction of sp³-hybridized carbons (Fsp3) is 0.538. The highest BCUT2D eigenvalue weighted by molar-refractivity contribution is 7.90. The van der Waals surface area contributed by atoms with Crippen molar-refractivity contribution in [3.8, 4) is 0 Å². The van der Waals surface area contributed by atoms with Gasteiger partial charge in [-0.1, -0.05) is 45.9 Å². The van der Waals surface area contributed by atoms with Gasteiger partial charge in [0.2, 0.25) is 0 Å². The summed E-state index contributed by atoms with van der Waals surface area (Å²) in [5.41, 5.74) is 1.42. The van der Waals surface area contributed by atoms with Crippen LogP contribution in [0, 0.1) is 5.41 Å². The highest BCUT2D eigenvalue weighted by Crippen LogP contribution is 2.37. The van der Waals surface area contributed by atoms with E-state index < -0.39 is 11.2 Å². The van der Waals surface area contributed by atoms with Gasteiger partial charge in [0.15, 0.2) is 4.90 Å². The van der Waals surface area contributed by atoms with Gasteiger partial charge in [0, 0.05) is 5.56 Å². The summed E-state index contributed by atoms with van der Waals surface area (Å²) in [6.07, 6.45) is 1.74. The predicted molar refractivity (Wildman–Crippen MR) is 66.6 cm³/mol. The molecule has 0 N–H and O–H groups in total. The summed E-state index contributed by atoms with van der Waals surface area (Å²) in [5, 5.41) is 0. The lowest BCUT2D eigenvalue weighted by Gasteiger charge is -2.28. The van der Waals surface area contributed by atoms with Crippen LogP contribution in [0.25, 0.3) is 0 Å². The first-order valence-electron chi connectivity index (χ1n) is 5.26. The molecule has 0 fully saturated rings. The van der Waals surface area contributed by atoms with Gasteiger partial charge >= 0.3 is 0 Å². The standard InChI is InChI=1S/C13H20OS/c1-10(13(2,3)4)11-8-6-7-9-12(11)15(5)14/h6-10H,1-5H3. The molecule has 0 radical (unpaired) electrons. The third kappa shape index (κ3) is 2.99. The molecule has 0 aromatic heterocycles. The quantitative estimate of drug-likeness (QED) is 0.704. The number of hydrogen-bond donors (Lipinski definition) is 0. The average molecular weight is 224 g/mol. The van der Waals surface area contributed by atoms with Crippen molar-refractivity contribution in [2.45, 2.75) is 38.5 Å². The minimum Gasteiger partial charge on any atom is -0.612 e. The topological polar surface area (TPSA) is 23.1 Å². The van der Waals surface area contributed by atoms with Gasteiger partial charge in [-0.05, 0) is 28.6 Å². The molecule has 0 saturated carbocycles. The summed E-state index contributed by atoms with van der Waals surface area (Å²) in [7, 11) is 0. The molecule has 0 heterocycles. The van der Waals surface area contributed by atoms with E-state index in [1.165, 1.54) is 5.56 Å². The summed E-state index contributed by atoms with van der Waals surface area (Å²) in [6.45, 7) is 8.85. The van der Waals surface area contributed by atoms with Gasteiger partial charge in [-0.25, -0.2) is 0 Å². The summed E-state index contributed by atoms with van der Waals surface area (Å²) in [5.74, 6) is 0.414. The van der Waals surface area contributed by atoms with E-state index in [0.29, 0.717) is 5.92 Å². The Morgan fingerprint density at radius 2 is 1.73 bits per heavy atom. The van der Waals surface area contributed by atoms with Gasteiger partial charge in [-0.3, -0.25) is 0 Å². The Morgan fingerprint density at radius 1 is 1.20 bits per heavy atom. The van der Waals surface area contributed by atoms with Crippen LogP contribution in [0.1, 0.15) is 39.2 Å². The van der Waals surface area contributed by atoms with Crippen molar-refractivity contribution in [3.63, 3.8) is 0 Å². The van der Waals surface area contributed by atoms with E-state index >= 15 is 0 Å². The Labute approximate surface area is 96.1 Å². The highest BCUT2D eigenvalue weighted by atomic mass is 32.2. The van der Waals surface area contributed by atoms with E-state index in [9.17, 15) is 4.55 Å². The lowest BCUT2D eigenvalue weighted by Crippen LogP contribution is -2.17. The molecular formula is C13H20OS. The van der Waals surface area contributed by atoms with Crippen LogP contribution < -0.4 is 0 Å². The number of benzene rings is 1. The van der Waals surface area contributed by atoms with E-state index in [1.54, 1.807) is 6.26 Å². The van der Waals surface area contributed by atoms with Crippen LogP contribution in [0.3, 0.4) is 0 Å². The van der Waals surface area contributed by atoms with Crippen molar-refractivity contribution in [2.75, 3.05) is 6.26 Å². The van der Waals surface area contributed by atoms with Gasteiger partial charge in [0.1, 0.15) is 6.26 Å². The fourth-order valence-corrected chi connectivity index (χ4v) is 2.41. The largest absolute Gasteiger partial charge is 0.612 e. The summed E-state index contributed by atoms with van der Waals surface area (Å²) >= 11 is -0.896. The van der Waals surface area contributed by atoms with Gasteiger partial charge < -0.3 is 4.55 Å². The van der Waals surface area contributed by atoms with Crippen LogP contribution in [0.15, 0.2) is 29.2 Å². The second-order valence-corrected chi connectivity index (χ2v) is 6.43. The summed E-state index contributed by atoms with van der Waals surface area (Å²) in [6, 6.07) is 8.03. The zero-order valence-corrected chi connectivity index (χ0v) is 11.0. The Morgan fingerprint density at radius 3 is 2.20 bits per heavy atom. The van der Waals surface area contributed by atoms with Crippen LogP contribution >= 0.6 is 0 Å². The third-order valence-electron chi connectivity index (χ3n) is 2.99. The first-order chi connectivity index (χ1) is 6.84. The van der Waals surface area contributed by atoms with Gasteiger partial charge in [-0.15, -0.1) is 0 Å². The first-order valence-corrected chi connectivity index (χ1v) is 6.82. The van der Waals surface area contributed by atoms with Crippen molar-refractivity contribution in [3.05, 3.63) is 29.8 Å². The zero-order valence-electron chi connectivity index (χ0n) is 10.2. The molecule has 2 heteroatoms. The molecule has 15 heavy (non-hydrogen) atoms. The number of hydrogen-bond acceptors (Lipinski definition) is 1. The molecule has 1 rings (SSSR count).